The van der Waals surface area contributed by atoms with Crippen LogP contribution >= 0.6 is 11.6 Å². The SMILES string of the molecule is Cc1cc(NC(=O)N2CCC(OCCN(C)C)CC2)c(Cl)cc1F. The highest BCUT2D eigenvalue weighted by atomic mass is 35.5. The Morgan fingerprint density at radius 1 is 1.42 bits per heavy atom. The van der Waals surface area contributed by atoms with E-state index in [0.29, 0.717) is 30.9 Å². The quantitative estimate of drug-likeness (QED) is 0.878. The summed E-state index contributed by atoms with van der Waals surface area (Å²) in [6, 6.07) is 2.55. The molecule has 0 unspecified atom stereocenters. The highest BCUT2D eigenvalue weighted by Gasteiger charge is 2.23. The third kappa shape index (κ3) is 5.33. The molecule has 1 aromatic rings. The zero-order valence-electron chi connectivity index (χ0n) is 14.4. The number of nitrogens with one attached hydrogen (secondary N) is 1. The maximum absolute atomic E-state index is 13.4. The van der Waals surface area contributed by atoms with Crippen molar-refractivity contribution in [3.8, 4) is 0 Å². The highest BCUT2D eigenvalue weighted by Crippen LogP contribution is 2.26. The van der Waals surface area contributed by atoms with E-state index in [1.165, 1.54) is 6.07 Å². The van der Waals surface area contributed by atoms with Crippen LogP contribution in [0.15, 0.2) is 12.1 Å². The number of carbonyl (C=O) groups excluding carboxylic acids is 1. The molecular formula is C17H25ClFN3O2. The predicted octanol–water partition coefficient (Wildman–Crippen LogP) is 3.36. The van der Waals surface area contributed by atoms with Crippen LogP contribution in [0.2, 0.25) is 5.02 Å². The summed E-state index contributed by atoms with van der Waals surface area (Å²) in [6.45, 7) is 4.50. The first-order chi connectivity index (χ1) is 11.4. The van der Waals surface area contributed by atoms with Crippen LogP contribution in [0.5, 0.6) is 0 Å². The molecule has 0 aliphatic carbocycles. The van der Waals surface area contributed by atoms with Crippen LogP contribution in [-0.2, 0) is 4.74 Å². The van der Waals surface area contributed by atoms with Gasteiger partial charge in [0, 0.05) is 19.6 Å². The van der Waals surface area contributed by atoms with Gasteiger partial charge in [0.05, 0.1) is 23.4 Å². The van der Waals surface area contributed by atoms with Gasteiger partial charge in [-0.2, -0.15) is 0 Å². The molecule has 1 fully saturated rings. The second-order valence-electron chi connectivity index (χ2n) is 6.37. The molecule has 5 nitrogen and oxygen atoms in total. The molecule has 7 heteroatoms. The second kappa shape index (κ2) is 8.65. The Balaban J connectivity index is 1.82. The van der Waals surface area contributed by atoms with Crippen molar-refractivity contribution in [2.75, 3.05) is 45.7 Å². The molecule has 0 atom stereocenters. The Morgan fingerprint density at radius 2 is 2.08 bits per heavy atom. The summed E-state index contributed by atoms with van der Waals surface area (Å²) in [5.74, 6) is -0.381. The summed E-state index contributed by atoms with van der Waals surface area (Å²) >= 11 is 5.99. The minimum atomic E-state index is -0.381. The fourth-order valence-electron chi connectivity index (χ4n) is 2.57. The molecule has 1 saturated heterocycles. The van der Waals surface area contributed by atoms with Gasteiger partial charge in [-0.25, -0.2) is 9.18 Å². The number of urea groups is 1. The van der Waals surface area contributed by atoms with Crippen LogP contribution in [0, 0.1) is 12.7 Å². The Kier molecular flexibility index (Phi) is 6.83. The largest absolute Gasteiger partial charge is 0.377 e. The van der Waals surface area contributed by atoms with E-state index in [9.17, 15) is 9.18 Å². The number of hydrogen-bond donors (Lipinski definition) is 1. The van der Waals surface area contributed by atoms with Crippen molar-refractivity contribution in [1.82, 2.24) is 9.80 Å². The third-order valence-corrected chi connectivity index (χ3v) is 4.42. The first-order valence-corrected chi connectivity index (χ1v) is 8.52. The molecule has 1 N–H and O–H groups in total. The van der Waals surface area contributed by atoms with Crippen LogP contribution in [0.4, 0.5) is 14.9 Å². The van der Waals surface area contributed by atoms with Crippen LogP contribution in [0.1, 0.15) is 18.4 Å². The van der Waals surface area contributed by atoms with Gasteiger partial charge < -0.3 is 19.9 Å². The number of amides is 2. The molecule has 0 radical (unpaired) electrons. The molecule has 2 rings (SSSR count). The summed E-state index contributed by atoms with van der Waals surface area (Å²) in [7, 11) is 4.02. The fourth-order valence-corrected chi connectivity index (χ4v) is 2.77. The van der Waals surface area contributed by atoms with Crippen molar-refractivity contribution < 1.29 is 13.9 Å². The first-order valence-electron chi connectivity index (χ1n) is 8.14. The molecule has 24 heavy (non-hydrogen) atoms. The first kappa shape index (κ1) is 19.0. The number of carbonyl (C=O) groups is 1. The van der Waals surface area contributed by atoms with Gasteiger partial charge in [-0.1, -0.05) is 11.6 Å². The van der Waals surface area contributed by atoms with Crippen LogP contribution in [0.25, 0.3) is 0 Å². The summed E-state index contributed by atoms with van der Waals surface area (Å²) in [6.07, 6.45) is 1.83. The van der Waals surface area contributed by atoms with E-state index in [1.807, 2.05) is 14.1 Å². The Labute approximate surface area is 147 Å². The number of anilines is 1. The number of benzene rings is 1. The highest BCUT2D eigenvalue weighted by molar-refractivity contribution is 6.33. The number of nitrogens with zero attached hydrogens (tertiary/aromatic N) is 2. The molecule has 134 valence electrons. The lowest BCUT2D eigenvalue weighted by Crippen LogP contribution is -2.43. The van der Waals surface area contributed by atoms with Crippen molar-refractivity contribution in [3.05, 3.63) is 28.5 Å². The van der Waals surface area contributed by atoms with E-state index < -0.39 is 0 Å². The molecule has 1 heterocycles. The second-order valence-corrected chi connectivity index (χ2v) is 6.78. The smallest absolute Gasteiger partial charge is 0.321 e. The zero-order valence-corrected chi connectivity index (χ0v) is 15.2. The number of rotatable bonds is 5. The average molecular weight is 358 g/mol. The predicted molar refractivity (Wildman–Crippen MR) is 94.3 cm³/mol. The zero-order chi connectivity index (χ0) is 17.7. The fraction of sp³-hybridized carbons (Fsp3) is 0.588. The van der Waals surface area contributed by atoms with Gasteiger partial charge in [0.2, 0.25) is 0 Å². The van der Waals surface area contributed by atoms with E-state index in [4.69, 9.17) is 16.3 Å². The maximum atomic E-state index is 13.4. The summed E-state index contributed by atoms with van der Waals surface area (Å²) in [4.78, 5) is 16.2. The summed E-state index contributed by atoms with van der Waals surface area (Å²) in [5.41, 5.74) is 0.882. The molecule has 1 aliphatic rings. The van der Waals surface area contributed by atoms with Crippen LogP contribution < -0.4 is 5.32 Å². The van der Waals surface area contributed by atoms with Crippen molar-refractivity contribution >= 4 is 23.3 Å². The third-order valence-electron chi connectivity index (χ3n) is 4.11. The van der Waals surface area contributed by atoms with Gasteiger partial charge in [-0.05, 0) is 51.6 Å². The van der Waals surface area contributed by atoms with Crippen molar-refractivity contribution in [3.63, 3.8) is 0 Å². The van der Waals surface area contributed by atoms with Crippen LogP contribution in [-0.4, -0.2) is 62.3 Å². The number of hydrogen-bond acceptors (Lipinski definition) is 3. The molecular weight excluding hydrogens is 333 g/mol. The van der Waals surface area contributed by atoms with Gasteiger partial charge in [0.25, 0.3) is 0 Å². The molecule has 1 aromatic carbocycles. The van der Waals surface area contributed by atoms with E-state index in [2.05, 4.69) is 10.2 Å². The minimum absolute atomic E-state index is 0.200. The molecule has 0 saturated carbocycles. The summed E-state index contributed by atoms with van der Waals surface area (Å²) in [5, 5.41) is 2.96. The lowest BCUT2D eigenvalue weighted by Gasteiger charge is -2.32. The van der Waals surface area contributed by atoms with E-state index in [-0.39, 0.29) is 23.0 Å². The molecule has 1 aliphatic heterocycles. The van der Waals surface area contributed by atoms with Gasteiger partial charge in [-0.15, -0.1) is 0 Å². The molecule has 2 amide bonds. The molecule has 0 bridgehead atoms. The van der Waals surface area contributed by atoms with E-state index in [0.717, 1.165) is 19.4 Å². The van der Waals surface area contributed by atoms with Crippen molar-refractivity contribution in [1.29, 1.82) is 0 Å². The topological polar surface area (TPSA) is 44.8 Å². The lowest BCUT2D eigenvalue weighted by molar-refractivity contribution is 0.0101. The molecule has 0 spiro atoms. The van der Waals surface area contributed by atoms with Gasteiger partial charge in [-0.3, -0.25) is 0 Å². The number of halogens is 2. The number of piperidine rings is 1. The number of likely N-dealkylation sites (tertiary alicyclic amines) is 1. The number of ether oxygens (including phenoxy) is 1. The Hall–Kier alpha value is -1.37. The standard InChI is InChI=1S/C17H25ClFN3O2/c1-12-10-16(14(18)11-15(12)19)20-17(23)22-6-4-13(5-7-22)24-9-8-21(2)3/h10-11,13H,4-9H2,1-3H3,(H,20,23). The maximum Gasteiger partial charge on any atom is 0.321 e. The lowest BCUT2D eigenvalue weighted by atomic mass is 10.1. The summed E-state index contributed by atoms with van der Waals surface area (Å²) < 4.78 is 19.2. The van der Waals surface area contributed by atoms with E-state index in [1.54, 1.807) is 17.9 Å². The van der Waals surface area contributed by atoms with E-state index >= 15 is 0 Å². The average Bonchev–Trinajstić information content (AvgIpc) is 2.53. The van der Waals surface area contributed by atoms with Gasteiger partial charge in [0.1, 0.15) is 5.82 Å². The Bertz CT molecular complexity index is 575. The normalized spacial score (nSPS) is 15.8. The van der Waals surface area contributed by atoms with Gasteiger partial charge >= 0.3 is 6.03 Å². The Morgan fingerprint density at radius 3 is 2.71 bits per heavy atom. The minimum Gasteiger partial charge on any atom is -0.377 e. The van der Waals surface area contributed by atoms with Crippen LogP contribution in [0.3, 0.4) is 0 Å². The van der Waals surface area contributed by atoms with Crippen molar-refractivity contribution in [2.45, 2.75) is 25.9 Å². The molecule has 0 aromatic heterocycles. The number of aryl methyl sites for hydroxylation is 1. The van der Waals surface area contributed by atoms with Gasteiger partial charge in [0.15, 0.2) is 0 Å². The number of likely N-dealkylation sites (N-methyl/N-ethyl adjacent to an activating group) is 1. The van der Waals surface area contributed by atoms with Crippen molar-refractivity contribution in [2.24, 2.45) is 0 Å². The monoisotopic (exact) mass is 357 g/mol.